The molecule has 0 saturated heterocycles. The molecule has 0 bridgehead atoms. The van der Waals surface area contributed by atoms with Crippen LogP contribution in [0.5, 0.6) is 0 Å². The maximum absolute atomic E-state index is 13.2. The molecule has 6 heteroatoms. The molecular formula is C23H36N2O4. The smallest absolute Gasteiger partial charge is 0.412 e. The molecule has 1 aromatic carbocycles. The van der Waals surface area contributed by atoms with Crippen molar-refractivity contribution in [3.63, 3.8) is 0 Å². The number of aliphatic imine (C=N–C) groups is 1. The Morgan fingerprint density at radius 1 is 1.17 bits per heavy atom. The zero-order valence-corrected chi connectivity index (χ0v) is 19.0. The molecule has 0 fully saturated rings. The molecule has 1 N–H and O–H groups in total. The molecule has 6 nitrogen and oxygen atoms in total. The van der Waals surface area contributed by atoms with E-state index in [0.717, 1.165) is 5.56 Å². The number of hydrogen-bond acceptors (Lipinski definition) is 5. The summed E-state index contributed by atoms with van der Waals surface area (Å²) >= 11 is 0. The number of methoxy groups -OCH3 is 1. The Hall–Kier alpha value is -2.08. The first-order valence-corrected chi connectivity index (χ1v) is 10.2. The lowest BCUT2D eigenvalue weighted by atomic mass is 9.76. The standard InChI is InChI=1S/C23H36N2O4/c1-15-17(18(26)22(2,3)4)19(28-8)24-20(23(5,6)7)25(15)21(27)29-14-16-12-10-9-11-13-16/h9-13,15,17-18,20,26H,14H2,1-8H3/t15-,17+,18-,20+/m0/s1. The molecule has 0 radical (unpaired) electrons. The second kappa shape index (κ2) is 8.74. The summed E-state index contributed by atoms with van der Waals surface area (Å²) in [5, 5.41) is 11.0. The van der Waals surface area contributed by atoms with Crippen LogP contribution in [0.2, 0.25) is 0 Å². The van der Waals surface area contributed by atoms with E-state index in [0.29, 0.717) is 5.90 Å². The van der Waals surface area contributed by atoms with Gasteiger partial charge in [0.25, 0.3) is 0 Å². The summed E-state index contributed by atoms with van der Waals surface area (Å²) < 4.78 is 11.2. The second-order valence-corrected chi connectivity index (χ2v) is 9.94. The Kier molecular flexibility index (Phi) is 6.99. The van der Waals surface area contributed by atoms with Crippen LogP contribution in [0.1, 0.15) is 54.0 Å². The average molecular weight is 405 g/mol. The number of benzene rings is 1. The van der Waals surface area contributed by atoms with Crippen LogP contribution in [0.3, 0.4) is 0 Å². The molecule has 162 valence electrons. The number of aliphatic hydroxyl groups is 1. The first-order valence-electron chi connectivity index (χ1n) is 10.2. The van der Waals surface area contributed by atoms with Gasteiger partial charge in [0.2, 0.25) is 0 Å². The summed E-state index contributed by atoms with van der Waals surface area (Å²) in [4.78, 5) is 19.6. The van der Waals surface area contributed by atoms with Crippen LogP contribution in [0, 0.1) is 16.7 Å². The van der Waals surface area contributed by atoms with Gasteiger partial charge < -0.3 is 14.6 Å². The number of ether oxygens (including phenoxy) is 2. The minimum Gasteiger partial charge on any atom is -0.484 e. The van der Waals surface area contributed by atoms with E-state index >= 15 is 0 Å². The summed E-state index contributed by atoms with van der Waals surface area (Å²) in [6, 6.07) is 9.24. The fourth-order valence-corrected chi connectivity index (χ4v) is 3.67. The molecule has 2 rings (SSSR count). The van der Waals surface area contributed by atoms with Gasteiger partial charge in [-0.15, -0.1) is 0 Å². The van der Waals surface area contributed by atoms with Gasteiger partial charge in [-0.3, -0.25) is 4.90 Å². The summed E-state index contributed by atoms with van der Waals surface area (Å²) in [5.41, 5.74) is 0.193. The monoisotopic (exact) mass is 404 g/mol. The van der Waals surface area contributed by atoms with Gasteiger partial charge in [0.05, 0.1) is 19.1 Å². The maximum atomic E-state index is 13.2. The quantitative estimate of drug-likeness (QED) is 0.807. The predicted molar refractivity (Wildman–Crippen MR) is 115 cm³/mol. The minimum absolute atomic E-state index is 0.188. The molecule has 0 saturated carbocycles. The van der Waals surface area contributed by atoms with Crippen molar-refractivity contribution in [3.8, 4) is 0 Å². The van der Waals surface area contributed by atoms with Gasteiger partial charge in [-0.2, -0.15) is 0 Å². The number of carbonyl (C=O) groups is 1. The van der Waals surface area contributed by atoms with E-state index in [1.165, 1.54) is 0 Å². The molecule has 0 spiro atoms. The lowest BCUT2D eigenvalue weighted by Gasteiger charge is -2.48. The largest absolute Gasteiger partial charge is 0.484 e. The summed E-state index contributed by atoms with van der Waals surface area (Å²) in [6.45, 7) is 14.1. The van der Waals surface area contributed by atoms with Crippen molar-refractivity contribution in [1.82, 2.24) is 4.90 Å². The SMILES string of the molecule is COC1=N[C@@H](C(C)(C)C)N(C(=O)OCc2ccccc2)[C@@H](C)[C@@H]1[C@H](O)C(C)(C)C. The Balaban J connectivity index is 2.38. The van der Waals surface area contributed by atoms with Crippen molar-refractivity contribution in [1.29, 1.82) is 0 Å². The number of aliphatic hydroxyl groups excluding tert-OH is 1. The van der Waals surface area contributed by atoms with Crippen LogP contribution in [0.4, 0.5) is 4.79 Å². The first kappa shape index (κ1) is 23.2. The van der Waals surface area contributed by atoms with E-state index in [2.05, 4.69) is 0 Å². The number of rotatable bonds is 3. The number of hydrogen-bond donors (Lipinski definition) is 1. The highest BCUT2D eigenvalue weighted by atomic mass is 16.6. The van der Waals surface area contributed by atoms with Crippen LogP contribution in [-0.4, -0.2) is 47.4 Å². The molecule has 1 amide bonds. The zero-order chi connectivity index (χ0) is 22.0. The van der Waals surface area contributed by atoms with E-state index in [9.17, 15) is 9.90 Å². The molecule has 0 unspecified atom stereocenters. The van der Waals surface area contributed by atoms with Gasteiger partial charge in [-0.1, -0.05) is 71.9 Å². The van der Waals surface area contributed by atoms with Crippen molar-refractivity contribution >= 4 is 12.0 Å². The highest BCUT2D eigenvalue weighted by Gasteiger charge is 2.49. The summed E-state index contributed by atoms with van der Waals surface area (Å²) in [7, 11) is 1.57. The summed E-state index contributed by atoms with van der Waals surface area (Å²) in [5.74, 6) is 0.0369. The molecule has 29 heavy (non-hydrogen) atoms. The third-order valence-electron chi connectivity index (χ3n) is 5.38. The van der Waals surface area contributed by atoms with Gasteiger partial charge in [0.1, 0.15) is 12.8 Å². The molecule has 1 heterocycles. The second-order valence-electron chi connectivity index (χ2n) is 9.94. The van der Waals surface area contributed by atoms with Gasteiger partial charge in [-0.05, 0) is 17.9 Å². The van der Waals surface area contributed by atoms with E-state index in [1.54, 1.807) is 12.0 Å². The number of carbonyl (C=O) groups excluding carboxylic acids is 1. The maximum Gasteiger partial charge on any atom is 0.412 e. The van der Waals surface area contributed by atoms with Gasteiger partial charge in [0, 0.05) is 11.5 Å². The highest BCUT2D eigenvalue weighted by molar-refractivity contribution is 5.83. The topological polar surface area (TPSA) is 71.4 Å². The van der Waals surface area contributed by atoms with Crippen molar-refractivity contribution in [3.05, 3.63) is 35.9 Å². The number of nitrogens with zero attached hydrogens (tertiary/aromatic N) is 2. The average Bonchev–Trinajstić information content (AvgIpc) is 2.64. The summed E-state index contributed by atoms with van der Waals surface area (Å²) in [6.07, 6.45) is -1.63. The van der Waals surface area contributed by atoms with E-state index in [1.807, 2.05) is 78.8 Å². The molecule has 0 aliphatic carbocycles. The lowest BCUT2D eigenvalue weighted by molar-refractivity contribution is -0.0365. The molecular weight excluding hydrogens is 368 g/mol. The third-order valence-corrected chi connectivity index (χ3v) is 5.38. The van der Waals surface area contributed by atoms with Gasteiger partial charge in [0.15, 0.2) is 5.90 Å². The predicted octanol–water partition coefficient (Wildman–Crippen LogP) is 4.47. The minimum atomic E-state index is -0.735. The fraction of sp³-hybridized carbons (Fsp3) is 0.652. The third kappa shape index (κ3) is 5.30. The lowest BCUT2D eigenvalue weighted by Crippen LogP contribution is -2.61. The van der Waals surface area contributed by atoms with Crippen molar-refractivity contribution in [2.45, 2.75) is 73.4 Å². The number of amides is 1. The Morgan fingerprint density at radius 2 is 1.76 bits per heavy atom. The van der Waals surface area contributed by atoms with Crippen molar-refractivity contribution < 1.29 is 19.4 Å². The first-order chi connectivity index (χ1) is 13.4. The Bertz CT molecular complexity index is 719. The fourth-order valence-electron chi connectivity index (χ4n) is 3.67. The van der Waals surface area contributed by atoms with Crippen molar-refractivity contribution in [2.75, 3.05) is 7.11 Å². The molecule has 1 aromatic rings. The van der Waals surface area contributed by atoms with Gasteiger partial charge in [-0.25, -0.2) is 9.79 Å². The normalized spacial score (nSPS) is 24.0. The van der Waals surface area contributed by atoms with E-state index < -0.39 is 29.7 Å². The van der Waals surface area contributed by atoms with Crippen LogP contribution in [0.15, 0.2) is 35.3 Å². The van der Waals surface area contributed by atoms with Crippen molar-refractivity contribution in [2.24, 2.45) is 21.7 Å². The van der Waals surface area contributed by atoms with E-state index in [-0.39, 0.29) is 18.1 Å². The Morgan fingerprint density at radius 3 is 2.24 bits per heavy atom. The van der Waals surface area contributed by atoms with Crippen LogP contribution in [-0.2, 0) is 16.1 Å². The van der Waals surface area contributed by atoms with Gasteiger partial charge >= 0.3 is 6.09 Å². The van der Waals surface area contributed by atoms with E-state index in [4.69, 9.17) is 14.5 Å². The molecule has 0 aromatic heterocycles. The molecule has 4 atom stereocenters. The molecule has 1 aliphatic heterocycles. The molecule has 1 aliphatic rings. The van der Waals surface area contributed by atoms with Crippen LogP contribution in [0.25, 0.3) is 0 Å². The van der Waals surface area contributed by atoms with Crippen LogP contribution >= 0.6 is 0 Å². The van der Waals surface area contributed by atoms with Crippen LogP contribution < -0.4 is 0 Å². The zero-order valence-electron chi connectivity index (χ0n) is 19.0. The highest BCUT2D eigenvalue weighted by Crippen LogP contribution is 2.38. The Labute approximate surface area is 174 Å².